The van der Waals surface area contributed by atoms with Gasteiger partial charge in [-0.3, -0.25) is 0 Å². The zero-order valence-electron chi connectivity index (χ0n) is 9.77. The van der Waals surface area contributed by atoms with E-state index < -0.39 is 0 Å². The first-order chi connectivity index (χ1) is 8.34. The molecule has 0 N–H and O–H groups in total. The highest BCUT2D eigenvalue weighted by Crippen LogP contribution is 2.29. The zero-order valence-corrected chi connectivity index (χ0v) is 11.4. The van der Waals surface area contributed by atoms with E-state index >= 15 is 0 Å². The van der Waals surface area contributed by atoms with Gasteiger partial charge in [0.1, 0.15) is 0 Å². The highest BCUT2D eigenvalue weighted by molar-refractivity contribution is 9.10. The van der Waals surface area contributed by atoms with Gasteiger partial charge in [-0.1, -0.05) is 25.7 Å². The van der Waals surface area contributed by atoms with Crippen molar-refractivity contribution in [2.24, 2.45) is 0 Å². The predicted octanol–water partition coefficient (Wildman–Crippen LogP) is 4.09. The first kappa shape index (κ1) is 11.2. The van der Waals surface area contributed by atoms with E-state index in [0.717, 1.165) is 15.5 Å². The molecule has 0 unspecified atom stereocenters. The van der Waals surface area contributed by atoms with Crippen LogP contribution in [0.1, 0.15) is 44.6 Å². The Morgan fingerprint density at radius 3 is 2.65 bits per heavy atom. The molecule has 1 fully saturated rings. The maximum Gasteiger partial charge on any atom is 0.158 e. The number of halogens is 1. The predicted molar refractivity (Wildman–Crippen MR) is 72.0 cm³/mol. The van der Waals surface area contributed by atoms with Crippen molar-refractivity contribution in [3.8, 4) is 0 Å². The lowest BCUT2D eigenvalue weighted by Gasteiger charge is -2.15. The monoisotopic (exact) mass is 293 g/mol. The average molecular weight is 294 g/mol. The normalized spacial score (nSPS) is 18.4. The molecule has 4 heteroatoms. The fourth-order valence-electron chi connectivity index (χ4n) is 2.68. The van der Waals surface area contributed by atoms with E-state index in [1.807, 2.05) is 12.4 Å². The van der Waals surface area contributed by atoms with Crippen LogP contribution >= 0.6 is 15.9 Å². The molecular formula is C13H16BrN3. The van der Waals surface area contributed by atoms with Crippen molar-refractivity contribution in [1.29, 1.82) is 0 Å². The Morgan fingerprint density at radius 1 is 1.12 bits per heavy atom. The second kappa shape index (κ2) is 4.77. The lowest BCUT2D eigenvalue weighted by molar-refractivity contribution is 0.415. The first-order valence-electron chi connectivity index (χ1n) is 6.33. The summed E-state index contributed by atoms with van der Waals surface area (Å²) in [6.07, 6.45) is 11.7. The van der Waals surface area contributed by atoms with E-state index in [4.69, 9.17) is 0 Å². The van der Waals surface area contributed by atoms with Gasteiger partial charge in [0, 0.05) is 16.1 Å². The molecule has 90 valence electrons. The number of hydrogen-bond donors (Lipinski definition) is 0. The van der Waals surface area contributed by atoms with E-state index in [9.17, 15) is 0 Å². The maximum absolute atomic E-state index is 4.54. The third-order valence-corrected chi connectivity index (χ3v) is 4.00. The highest BCUT2D eigenvalue weighted by Gasteiger charge is 2.17. The second-order valence-electron chi connectivity index (χ2n) is 4.80. The topological polar surface area (TPSA) is 30.7 Å². The maximum atomic E-state index is 4.54. The van der Waals surface area contributed by atoms with Crippen LogP contribution in [0.3, 0.4) is 0 Å². The summed E-state index contributed by atoms with van der Waals surface area (Å²) in [6.45, 7) is 0. The third kappa shape index (κ3) is 2.23. The molecule has 1 saturated carbocycles. The van der Waals surface area contributed by atoms with E-state index in [-0.39, 0.29) is 0 Å². The lowest BCUT2D eigenvalue weighted by Crippen LogP contribution is -2.10. The van der Waals surface area contributed by atoms with Crippen molar-refractivity contribution in [1.82, 2.24) is 14.8 Å². The smallest absolute Gasteiger partial charge is 0.158 e. The van der Waals surface area contributed by atoms with Crippen LogP contribution in [-0.2, 0) is 0 Å². The molecule has 0 aromatic carbocycles. The van der Waals surface area contributed by atoms with Gasteiger partial charge in [-0.2, -0.15) is 5.10 Å². The summed E-state index contributed by atoms with van der Waals surface area (Å²) in [4.78, 5) is 4.50. The summed E-state index contributed by atoms with van der Waals surface area (Å²) in [5.74, 6) is 0. The fraction of sp³-hybridized carbons (Fsp3) is 0.538. The number of aromatic nitrogens is 3. The van der Waals surface area contributed by atoms with E-state index in [1.54, 1.807) is 0 Å². The molecule has 2 aromatic heterocycles. The van der Waals surface area contributed by atoms with E-state index in [1.165, 1.54) is 38.5 Å². The summed E-state index contributed by atoms with van der Waals surface area (Å²) < 4.78 is 3.15. The molecule has 2 aromatic rings. The summed E-state index contributed by atoms with van der Waals surface area (Å²) in [5.41, 5.74) is 1.03. The second-order valence-corrected chi connectivity index (χ2v) is 5.72. The van der Waals surface area contributed by atoms with Crippen LogP contribution in [0.15, 0.2) is 22.9 Å². The van der Waals surface area contributed by atoms with Crippen LogP contribution in [-0.4, -0.2) is 14.8 Å². The Hall–Kier alpha value is -0.900. The van der Waals surface area contributed by atoms with Crippen molar-refractivity contribution in [3.05, 3.63) is 22.9 Å². The molecule has 0 aliphatic heterocycles. The van der Waals surface area contributed by atoms with E-state index in [2.05, 4.69) is 36.8 Å². The molecule has 0 saturated heterocycles. The lowest BCUT2D eigenvalue weighted by atomic mass is 10.1. The molecule has 2 heterocycles. The SMILES string of the molecule is Brc1cnc2c(cnn2C2CCCCCC2)c1. The number of pyridine rings is 1. The van der Waals surface area contributed by atoms with Crippen molar-refractivity contribution in [3.63, 3.8) is 0 Å². The van der Waals surface area contributed by atoms with Gasteiger partial charge in [-0.05, 0) is 34.8 Å². The van der Waals surface area contributed by atoms with Gasteiger partial charge in [0.05, 0.1) is 12.2 Å². The molecule has 0 amide bonds. The Balaban J connectivity index is 1.98. The fourth-order valence-corrected chi connectivity index (χ4v) is 3.03. The van der Waals surface area contributed by atoms with Crippen LogP contribution in [0.25, 0.3) is 11.0 Å². The summed E-state index contributed by atoms with van der Waals surface area (Å²) in [7, 11) is 0. The number of hydrogen-bond acceptors (Lipinski definition) is 2. The van der Waals surface area contributed by atoms with Gasteiger partial charge in [0.15, 0.2) is 5.65 Å². The Kier molecular flexibility index (Phi) is 3.14. The minimum Gasteiger partial charge on any atom is -0.244 e. The standard InChI is InChI=1S/C13H16BrN3/c14-11-7-10-8-16-17(13(10)15-9-11)12-5-3-1-2-4-6-12/h7-9,12H,1-6H2. The zero-order chi connectivity index (χ0) is 11.7. The van der Waals surface area contributed by atoms with Gasteiger partial charge >= 0.3 is 0 Å². The molecule has 17 heavy (non-hydrogen) atoms. The molecule has 1 aliphatic carbocycles. The summed E-state index contributed by atoms with van der Waals surface area (Å²) in [6, 6.07) is 2.63. The average Bonchev–Trinajstić information content (AvgIpc) is 2.57. The van der Waals surface area contributed by atoms with Gasteiger partial charge in [-0.25, -0.2) is 9.67 Å². The molecule has 0 spiro atoms. The highest BCUT2D eigenvalue weighted by atomic mass is 79.9. The Morgan fingerprint density at radius 2 is 1.88 bits per heavy atom. The molecule has 1 aliphatic rings. The number of fused-ring (bicyclic) bond motifs is 1. The number of rotatable bonds is 1. The van der Waals surface area contributed by atoms with Crippen LogP contribution in [0.2, 0.25) is 0 Å². The Labute approximate surface area is 109 Å². The van der Waals surface area contributed by atoms with Crippen LogP contribution in [0, 0.1) is 0 Å². The van der Waals surface area contributed by atoms with Crippen LogP contribution < -0.4 is 0 Å². The molecule has 3 rings (SSSR count). The molecule has 0 atom stereocenters. The first-order valence-corrected chi connectivity index (χ1v) is 7.12. The van der Waals surface area contributed by atoms with Gasteiger partial charge in [0.25, 0.3) is 0 Å². The quantitative estimate of drug-likeness (QED) is 0.742. The summed E-state index contributed by atoms with van der Waals surface area (Å²) >= 11 is 3.45. The largest absolute Gasteiger partial charge is 0.244 e. The van der Waals surface area contributed by atoms with Crippen LogP contribution in [0.5, 0.6) is 0 Å². The van der Waals surface area contributed by atoms with Crippen molar-refractivity contribution < 1.29 is 0 Å². The minimum absolute atomic E-state index is 0.545. The molecular weight excluding hydrogens is 278 g/mol. The van der Waals surface area contributed by atoms with Crippen LogP contribution in [0.4, 0.5) is 0 Å². The van der Waals surface area contributed by atoms with Gasteiger partial charge < -0.3 is 0 Å². The van der Waals surface area contributed by atoms with Gasteiger partial charge in [-0.15, -0.1) is 0 Å². The Bertz CT molecular complexity index is 512. The third-order valence-electron chi connectivity index (χ3n) is 3.57. The molecule has 3 nitrogen and oxygen atoms in total. The van der Waals surface area contributed by atoms with E-state index in [0.29, 0.717) is 6.04 Å². The molecule has 0 radical (unpaired) electrons. The number of nitrogens with zero attached hydrogens (tertiary/aromatic N) is 3. The van der Waals surface area contributed by atoms with Crippen molar-refractivity contribution in [2.75, 3.05) is 0 Å². The minimum atomic E-state index is 0.545. The molecule has 0 bridgehead atoms. The summed E-state index contributed by atoms with van der Waals surface area (Å²) in [5, 5.41) is 5.66. The van der Waals surface area contributed by atoms with Crippen molar-refractivity contribution in [2.45, 2.75) is 44.6 Å². The van der Waals surface area contributed by atoms with Gasteiger partial charge in [0.2, 0.25) is 0 Å². The van der Waals surface area contributed by atoms with Crippen molar-refractivity contribution >= 4 is 27.0 Å².